The number of halogens is 1. The first-order chi connectivity index (χ1) is 9.54. The monoisotopic (exact) mass is 343 g/mol. The second-order valence-electron chi connectivity index (χ2n) is 4.32. The van der Waals surface area contributed by atoms with E-state index in [2.05, 4.69) is 26.6 Å². The Morgan fingerprint density at radius 1 is 1.40 bits per heavy atom. The molecule has 0 aliphatic heterocycles. The highest BCUT2D eigenvalue weighted by molar-refractivity contribution is 9.10. The summed E-state index contributed by atoms with van der Waals surface area (Å²) in [5, 5.41) is 16.7. The molecule has 110 valence electrons. The fraction of sp³-hybridized carbons (Fsp3) is 0.462. The zero-order chi connectivity index (χ0) is 15.0. The average molecular weight is 344 g/mol. The summed E-state index contributed by atoms with van der Waals surface area (Å²) in [6, 6.07) is 4.98. The minimum absolute atomic E-state index is 0.0149. The third-order valence-corrected chi connectivity index (χ3v) is 3.31. The van der Waals surface area contributed by atoms with E-state index in [4.69, 9.17) is 0 Å². The maximum absolute atomic E-state index is 11.4. The molecule has 0 saturated carbocycles. The van der Waals surface area contributed by atoms with Crippen molar-refractivity contribution in [3.8, 4) is 0 Å². The number of carbonyl (C=O) groups is 1. The fourth-order valence-corrected chi connectivity index (χ4v) is 1.99. The van der Waals surface area contributed by atoms with Crippen LogP contribution in [0.15, 0.2) is 22.7 Å². The zero-order valence-corrected chi connectivity index (χ0v) is 12.9. The molecule has 0 saturated heterocycles. The third kappa shape index (κ3) is 5.66. The van der Waals surface area contributed by atoms with E-state index in [-0.39, 0.29) is 11.6 Å². The van der Waals surface area contributed by atoms with Crippen molar-refractivity contribution in [2.75, 3.05) is 13.1 Å². The van der Waals surface area contributed by atoms with Crippen LogP contribution in [0, 0.1) is 10.1 Å². The predicted octanol–water partition coefficient (Wildman–Crippen LogP) is 2.36. The highest BCUT2D eigenvalue weighted by atomic mass is 79.9. The Kier molecular flexibility index (Phi) is 7.17. The molecule has 1 rings (SSSR count). The van der Waals surface area contributed by atoms with E-state index in [9.17, 15) is 14.9 Å². The normalized spacial score (nSPS) is 10.3. The van der Waals surface area contributed by atoms with Crippen molar-refractivity contribution in [2.45, 2.75) is 26.3 Å². The van der Waals surface area contributed by atoms with Crippen molar-refractivity contribution >= 4 is 27.5 Å². The summed E-state index contributed by atoms with van der Waals surface area (Å²) in [7, 11) is 0. The van der Waals surface area contributed by atoms with Gasteiger partial charge in [-0.1, -0.05) is 13.0 Å². The number of nitrogens with one attached hydrogen (secondary N) is 2. The molecule has 0 aliphatic rings. The van der Waals surface area contributed by atoms with Crippen LogP contribution in [0.4, 0.5) is 5.69 Å². The predicted molar refractivity (Wildman–Crippen MR) is 80.4 cm³/mol. The smallest absolute Gasteiger partial charge is 0.283 e. The van der Waals surface area contributed by atoms with Crippen molar-refractivity contribution in [3.63, 3.8) is 0 Å². The second kappa shape index (κ2) is 8.65. The molecule has 1 amide bonds. The van der Waals surface area contributed by atoms with Crippen molar-refractivity contribution < 1.29 is 9.72 Å². The molecule has 0 heterocycles. The van der Waals surface area contributed by atoms with E-state index in [1.807, 2.05) is 6.92 Å². The minimum atomic E-state index is -0.425. The van der Waals surface area contributed by atoms with E-state index in [0.717, 1.165) is 12.0 Å². The van der Waals surface area contributed by atoms with Crippen LogP contribution in [0.2, 0.25) is 0 Å². The van der Waals surface area contributed by atoms with E-state index in [0.29, 0.717) is 30.5 Å². The van der Waals surface area contributed by atoms with Crippen LogP contribution in [-0.2, 0) is 11.3 Å². The molecular weight excluding hydrogens is 326 g/mol. The van der Waals surface area contributed by atoms with Crippen LogP contribution < -0.4 is 10.6 Å². The molecule has 0 atom stereocenters. The number of benzene rings is 1. The summed E-state index contributed by atoms with van der Waals surface area (Å²) in [6.45, 7) is 3.73. The van der Waals surface area contributed by atoms with Gasteiger partial charge < -0.3 is 10.6 Å². The molecule has 0 radical (unpaired) electrons. The van der Waals surface area contributed by atoms with Crippen LogP contribution >= 0.6 is 15.9 Å². The first kappa shape index (κ1) is 16.6. The number of hydrogen-bond donors (Lipinski definition) is 2. The van der Waals surface area contributed by atoms with Crippen LogP contribution in [0.5, 0.6) is 0 Å². The largest absolute Gasteiger partial charge is 0.356 e. The molecule has 0 unspecified atom stereocenters. The summed E-state index contributed by atoms with van der Waals surface area (Å²) >= 11 is 3.14. The molecule has 7 heteroatoms. The molecule has 1 aromatic carbocycles. The Hall–Kier alpha value is -1.47. The van der Waals surface area contributed by atoms with Crippen LogP contribution in [0.3, 0.4) is 0 Å². The Morgan fingerprint density at radius 3 is 2.80 bits per heavy atom. The highest BCUT2D eigenvalue weighted by Crippen LogP contribution is 2.25. The fourth-order valence-electron chi connectivity index (χ4n) is 1.60. The third-order valence-electron chi connectivity index (χ3n) is 2.64. The molecule has 20 heavy (non-hydrogen) atoms. The van der Waals surface area contributed by atoms with Gasteiger partial charge in [0.1, 0.15) is 0 Å². The first-order valence-electron chi connectivity index (χ1n) is 6.44. The van der Waals surface area contributed by atoms with Gasteiger partial charge in [0.05, 0.1) is 9.40 Å². The van der Waals surface area contributed by atoms with Gasteiger partial charge in [0.2, 0.25) is 5.91 Å². The molecule has 1 aromatic rings. The van der Waals surface area contributed by atoms with Gasteiger partial charge in [-0.05, 0) is 34.0 Å². The molecule has 0 fully saturated rings. The van der Waals surface area contributed by atoms with Gasteiger partial charge in [-0.15, -0.1) is 0 Å². The lowest BCUT2D eigenvalue weighted by atomic mass is 10.2. The molecule has 6 nitrogen and oxygen atoms in total. The van der Waals surface area contributed by atoms with Crippen molar-refractivity contribution in [3.05, 3.63) is 38.3 Å². The Morgan fingerprint density at radius 2 is 2.15 bits per heavy atom. The van der Waals surface area contributed by atoms with E-state index < -0.39 is 4.92 Å². The number of nitrogens with zero attached hydrogens (tertiary/aromatic N) is 1. The Labute approximate surface area is 126 Å². The zero-order valence-electron chi connectivity index (χ0n) is 11.3. The van der Waals surface area contributed by atoms with Crippen molar-refractivity contribution in [1.29, 1.82) is 0 Å². The summed E-state index contributed by atoms with van der Waals surface area (Å²) in [5.41, 5.74) is 0.860. The maximum atomic E-state index is 11.4. The van der Waals surface area contributed by atoms with Gasteiger partial charge in [0.15, 0.2) is 0 Å². The first-order valence-corrected chi connectivity index (χ1v) is 7.24. The van der Waals surface area contributed by atoms with Gasteiger partial charge in [-0.3, -0.25) is 14.9 Å². The number of hydrogen-bond acceptors (Lipinski definition) is 4. The number of nitro groups is 1. The highest BCUT2D eigenvalue weighted by Gasteiger charge is 2.11. The summed E-state index contributed by atoms with van der Waals surface area (Å²) in [5.74, 6) is 0.0149. The number of amides is 1. The van der Waals surface area contributed by atoms with Crippen LogP contribution in [-0.4, -0.2) is 23.9 Å². The van der Waals surface area contributed by atoms with E-state index in [1.165, 1.54) is 6.07 Å². The lowest BCUT2D eigenvalue weighted by molar-refractivity contribution is -0.385. The van der Waals surface area contributed by atoms with Crippen molar-refractivity contribution in [1.82, 2.24) is 10.6 Å². The SMILES string of the molecule is CCCNC(=O)CCNCc1ccc(Br)c([N+](=O)[O-])c1. The number of rotatable bonds is 8. The van der Waals surface area contributed by atoms with E-state index in [1.54, 1.807) is 12.1 Å². The van der Waals surface area contributed by atoms with Gasteiger partial charge in [-0.25, -0.2) is 0 Å². The molecule has 0 spiro atoms. The molecule has 0 bridgehead atoms. The average Bonchev–Trinajstić information content (AvgIpc) is 2.42. The summed E-state index contributed by atoms with van der Waals surface area (Å²) in [4.78, 5) is 21.7. The van der Waals surface area contributed by atoms with Crippen molar-refractivity contribution in [2.24, 2.45) is 0 Å². The van der Waals surface area contributed by atoms with Crippen LogP contribution in [0.1, 0.15) is 25.3 Å². The standard InChI is InChI=1S/C13H18BrN3O3/c1-2-6-16-13(18)5-7-15-9-10-3-4-11(14)12(8-10)17(19)20/h3-4,8,15H,2,5-7,9H2,1H3,(H,16,18). The molecule has 2 N–H and O–H groups in total. The molecular formula is C13H18BrN3O3. The quantitative estimate of drug-likeness (QED) is 0.431. The van der Waals surface area contributed by atoms with Gasteiger partial charge in [-0.2, -0.15) is 0 Å². The topological polar surface area (TPSA) is 84.3 Å². The maximum Gasteiger partial charge on any atom is 0.283 e. The lowest BCUT2D eigenvalue weighted by Crippen LogP contribution is -2.28. The van der Waals surface area contributed by atoms with E-state index >= 15 is 0 Å². The second-order valence-corrected chi connectivity index (χ2v) is 5.17. The summed E-state index contributed by atoms with van der Waals surface area (Å²) in [6.07, 6.45) is 1.32. The molecule has 0 aliphatic carbocycles. The van der Waals surface area contributed by atoms with Gasteiger partial charge in [0, 0.05) is 32.1 Å². The lowest BCUT2D eigenvalue weighted by Gasteiger charge is -2.06. The van der Waals surface area contributed by atoms with Crippen LogP contribution in [0.25, 0.3) is 0 Å². The minimum Gasteiger partial charge on any atom is -0.356 e. The molecule has 0 aromatic heterocycles. The van der Waals surface area contributed by atoms with Gasteiger partial charge >= 0.3 is 0 Å². The Balaban J connectivity index is 2.37. The number of carbonyl (C=O) groups excluding carboxylic acids is 1. The summed E-state index contributed by atoms with van der Waals surface area (Å²) < 4.78 is 0.463. The Bertz CT molecular complexity index is 480. The number of nitro benzene ring substituents is 1. The van der Waals surface area contributed by atoms with Gasteiger partial charge in [0.25, 0.3) is 5.69 Å².